The Bertz CT molecular complexity index is 1120. The number of carbonyl (C=O) groups excluding carboxylic acids is 1. The SMILES string of the molecule is CC(C(=O)N1CCN(c2ccc(F)cc2F)CC1)c1n[nH]c(=O)c2ccccc12. The van der Waals surface area contributed by atoms with Crippen LogP contribution in [0.2, 0.25) is 0 Å². The van der Waals surface area contributed by atoms with Gasteiger partial charge in [-0.2, -0.15) is 5.10 Å². The van der Waals surface area contributed by atoms with Crippen LogP contribution >= 0.6 is 0 Å². The van der Waals surface area contributed by atoms with Crippen LogP contribution in [0.4, 0.5) is 14.5 Å². The van der Waals surface area contributed by atoms with E-state index in [0.717, 1.165) is 6.07 Å². The topological polar surface area (TPSA) is 69.3 Å². The number of halogens is 2. The minimum absolute atomic E-state index is 0.103. The Kier molecular flexibility index (Phi) is 5.00. The molecule has 150 valence electrons. The van der Waals surface area contributed by atoms with Gasteiger partial charge in [-0.25, -0.2) is 13.9 Å². The van der Waals surface area contributed by atoms with Gasteiger partial charge >= 0.3 is 0 Å². The van der Waals surface area contributed by atoms with Gasteiger partial charge in [-0.05, 0) is 25.1 Å². The first-order valence-corrected chi connectivity index (χ1v) is 9.42. The Morgan fingerprint density at radius 1 is 1.07 bits per heavy atom. The molecule has 1 N–H and O–H groups in total. The number of H-pyrrole nitrogens is 1. The Morgan fingerprint density at radius 3 is 2.45 bits per heavy atom. The van der Waals surface area contributed by atoms with Gasteiger partial charge in [-0.1, -0.05) is 18.2 Å². The van der Waals surface area contributed by atoms with E-state index in [1.807, 2.05) is 0 Å². The molecule has 4 rings (SSSR count). The minimum Gasteiger partial charge on any atom is -0.366 e. The fourth-order valence-corrected chi connectivity index (χ4v) is 3.76. The van der Waals surface area contributed by atoms with Crippen LogP contribution in [0.1, 0.15) is 18.5 Å². The molecule has 1 aliphatic heterocycles. The standard InChI is InChI=1S/C21H20F2N4O2/c1-13(19-15-4-2-3-5-16(15)20(28)25-24-19)21(29)27-10-8-26(9-11-27)18-7-6-14(22)12-17(18)23/h2-7,12-13H,8-11H2,1H3,(H,25,28). The van der Waals surface area contributed by atoms with E-state index in [1.54, 1.807) is 41.0 Å². The smallest absolute Gasteiger partial charge is 0.272 e. The van der Waals surface area contributed by atoms with Crippen LogP contribution in [-0.4, -0.2) is 47.2 Å². The van der Waals surface area contributed by atoms with Gasteiger partial charge in [-0.15, -0.1) is 0 Å². The highest BCUT2D eigenvalue weighted by Crippen LogP contribution is 2.25. The molecule has 1 aliphatic rings. The maximum absolute atomic E-state index is 14.0. The van der Waals surface area contributed by atoms with Crippen LogP contribution in [0.3, 0.4) is 0 Å². The molecule has 1 fully saturated rings. The number of aromatic amines is 1. The van der Waals surface area contributed by atoms with Crippen molar-refractivity contribution in [2.24, 2.45) is 0 Å². The summed E-state index contributed by atoms with van der Waals surface area (Å²) in [6.07, 6.45) is 0. The molecule has 1 unspecified atom stereocenters. The van der Waals surface area contributed by atoms with Crippen molar-refractivity contribution in [2.45, 2.75) is 12.8 Å². The molecule has 3 aromatic rings. The van der Waals surface area contributed by atoms with Crippen molar-refractivity contribution in [1.29, 1.82) is 0 Å². The normalized spacial score (nSPS) is 15.6. The van der Waals surface area contributed by atoms with Crippen LogP contribution in [0.5, 0.6) is 0 Å². The van der Waals surface area contributed by atoms with Crippen LogP contribution < -0.4 is 10.5 Å². The molecule has 0 bridgehead atoms. The molecule has 0 saturated carbocycles. The quantitative estimate of drug-likeness (QED) is 0.737. The third-order valence-electron chi connectivity index (χ3n) is 5.35. The number of anilines is 1. The van der Waals surface area contributed by atoms with Gasteiger partial charge in [0, 0.05) is 37.6 Å². The van der Waals surface area contributed by atoms with Crippen LogP contribution in [-0.2, 0) is 4.79 Å². The Labute approximate surface area is 165 Å². The monoisotopic (exact) mass is 398 g/mol. The number of rotatable bonds is 3. The zero-order valence-electron chi connectivity index (χ0n) is 15.9. The largest absolute Gasteiger partial charge is 0.366 e. The van der Waals surface area contributed by atoms with Crippen molar-refractivity contribution in [3.05, 3.63) is 70.1 Å². The van der Waals surface area contributed by atoms with E-state index in [9.17, 15) is 18.4 Å². The van der Waals surface area contributed by atoms with Gasteiger partial charge in [0.05, 0.1) is 22.7 Å². The van der Waals surface area contributed by atoms with E-state index in [4.69, 9.17) is 0 Å². The number of piperazine rings is 1. The predicted octanol–water partition coefficient (Wildman–Crippen LogP) is 2.65. The van der Waals surface area contributed by atoms with Crippen LogP contribution in [0, 0.1) is 11.6 Å². The third kappa shape index (κ3) is 3.57. The van der Waals surface area contributed by atoms with Crippen molar-refractivity contribution in [1.82, 2.24) is 15.1 Å². The molecule has 0 radical (unpaired) electrons. The Hall–Kier alpha value is -3.29. The highest BCUT2D eigenvalue weighted by atomic mass is 19.1. The average Bonchev–Trinajstić information content (AvgIpc) is 2.73. The van der Waals surface area contributed by atoms with Gasteiger partial charge in [0.1, 0.15) is 11.6 Å². The lowest BCUT2D eigenvalue weighted by Gasteiger charge is -2.37. The maximum atomic E-state index is 14.0. The lowest BCUT2D eigenvalue weighted by Crippen LogP contribution is -2.50. The lowest BCUT2D eigenvalue weighted by molar-refractivity contribution is -0.132. The second-order valence-electron chi connectivity index (χ2n) is 7.11. The van der Waals surface area contributed by atoms with Gasteiger partial charge < -0.3 is 9.80 Å². The Morgan fingerprint density at radius 2 is 1.76 bits per heavy atom. The summed E-state index contributed by atoms with van der Waals surface area (Å²) in [6.45, 7) is 3.49. The summed E-state index contributed by atoms with van der Waals surface area (Å²) in [5.41, 5.74) is 0.566. The van der Waals surface area contributed by atoms with E-state index in [-0.39, 0.29) is 11.5 Å². The summed E-state index contributed by atoms with van der Waals surface area (Å²) < 4.78 is 27.2. The van der Waals surface area contributed by atoms with E-state index in [0.29, 0.717) is 48.3 Å². The van der Waals surface area contributed by atoms with Crippen LogP contribution in [0.25, 0.3) is 10.8 Å². The van der Waals surface area contributed by atoms with Crippen molar-refractivity contribution >= 4 is 22.4 Å². The molecule has 1 aromatic heterocycles. The van der Waals surface area contributed by atoms with Gasteiger partial charge in [0.15, 0.2) is 0 Å². The van der Waals surface area contributed by atoms with Gasteiger partial charge in [0.2, 0.25) is 5.91 Å². The number of nitrogens with one attached hydrogen (secondary N) is 1. The molecule has 1 amide bonds. The maximum Gasteiger partial charge on any atom is 0.272 e. The second-order valence-corrected chi connectivity index (χ2v) is 7.11. The summed E-state index contributed by atoms with van der Waals surface area (Å²) in [4.78, 5) is 28.5. The predicted molar refractivity (Wildman–Crippen MR) is 106 cm³/mol. The fraction of sp³-hybridized carbons (Fsp3) is 0.286. The van der Waals surface area contributed by atoms with Crippen molar-refractivity contribution < 1.29 is 13.6 Å². The van der Waals surface area contributed by atoms with Crippen molar-refractivity contribution in [2.75, 3.05) is 31.1 Å². The molecule has 29 heavy (non-hydrogen) atoms. The number of amides is 1. The summed E-state index contributed by atoms with van der Waals surface area (Å²) in [5.74, 6) is -1.86. The number of carbonyl (C=O) groups is 1. The summed E-state index contributed by atoms with van der Waals surface area (Å²) in [7, 11) is 0. The zero-order chi connectivity index (χ0) is 20.5. The molecular formula is C21H20F2N4O2. The van der Waals surface area contributed by atoms with E-state index in [2.05, 4.69) is 10.2 Å². The van der Waals surface area contributed by atoms with E-state index in [1.165, 1.54) is 12.1 Å². The molecule has 0 spiro atoms. The number of hydrogen-bond acceptors (Lipinski definition) is 4. The molecule has 1 saturated heterocycles. The average molecular weight is 398 g/mol. The first-order chi connectivity index (χ1) is 14.0. The number of benzene rings is 2. The lowest BCUT2D eigenvalue weighted by atomic mass is 10.00. The summed E-state index contributed by atoms with van der Waals surface area (Å²) in [6, 6.07) is 10.6. The highest BCUT2D eigenvalue weighted by molar-refractivity contribution is 5.91. The molecule has 6 nitrogen and oxygen atoms in total. The minimum atomic E-state index is -0.616. The number of aromatic nitrogens is 2. The van der Waals surface area contributed by atoms with Gasteiger partial charge in [0.25, 0.3) is 5.56 Å². The van der Waals surface area contributed by atoms with Crippen molar-refractivity contribution in [3.63, 3.8) is 0 Å². The van der Waals surface area contributed by atoms with Crippen LogP contribution in [0.15, 0.2) is 47.3 Å². The first kappa shape index (κ1) is 19.0. The molecule has 1 atom stereocenters. The van der Waals surface area contributed by atoms with Gasteiger partial charge in [-0.3, -0.25) is 9.59 Å². The molecule has 2 heterocycles. The number of fused-ring (bicyclic) bond motifs is 1. The fourth-order valence-electron chi connectivity index (χ4n) is 3.76. The molecule has 0 aliphatic carbocycles. The summed E-state index contributed by atoms with van der Waals surface area (Å²) >= 11 is 0. The zero-order valence-corrected chi connectivity index (χ0v) is 15.9. The highest BCUT2D eigenvalue weighted by Gasteiger charge is 2.28. The second kappa shape index (κ2) is 7.62. The summed E-state index contributed by atoms with van der Waals surface area (Å²) in [5, 5.41) is 7.74. The molecule has 2 aromatic carbocycles. The molecular weight excluding hydrogens is 378 g/mol. The molecule has 8 heteroatoms. The van der Waals surface area contributed by atoms with E-state index >= 15 is 0 Å². The van der Waals surface area contributed by atoms with Crippen molar-refractivity contribution in [3.8, 4) is 0 Å². The first-order valence-electron chi connectivity index (χ1n) is 9.42. The number of hydrogen-bond donors (Lipinski definition) is 1. The van der Waals surface area contributed by atoms with E-state index < -0.39 is 17.6 Å². The Balaban J connectivity index is 1.50. The third-order valence-corrected chi connectivity index (χ3v) is 5.35. The number of nitrogens with zero attached hydrogens (tertiary/aromatic N) is 3.